The van der Waals surface area contributed by atoms with Crippen LogP contribution in [-0.4, -0.2) is 4.98 Å². The van der Waals surface area contributed by atoms with E-state index in [0.717, 1.165) is 11.3 Å². The molecule has 0 atom stereocenters. The molecule has 0 radical (unpaired) electrons. The highest BCUT2D eigenvalue weighted by atomic mass is 32.1. The van der Waals surface area contributed by atoms with Crippen LogP contribution in [0, 0.1) is 0 Å². The zero-order valence-electron chi connectivity index (χ0n) is 7.60. The summed E-state index contributed by atoms with van der Waals surface area (Å²) in [6.07, 6.45) is 1.78. The summed E-state index contributed by atoms with van der Waals surface area (Å²) in [7, 11) is 0. The molecule has 2 aromatic heterocycles. The van der Waals surface area contributed by atoms with Crippen LogP contribution in [0.25, 0.3) is 10.4 Å². The van der Waals surface area contributed by atoms with Gasteiger partial charge in [-0.05, 0) is 17.5 Å². The Morgan fingerprint density at radius 2 is 2.29 bits per heavy atom. The third-order valence-electron chi connectivity index (χ3n) is 1.95. The van der Waals surface area contributed by atoms with Crippen LogP contribution in [0.15, 0.2) is 35.8 Å². The molecule has 0 unspecified atom stereocenters. The first-order chi connectivity index (χ1) is 6.92. The SMILES string of the molecule is NNCc1ncccc1-c1cccs1. The number of nitrogens with one attached hydrogen (secondary N) is 1. The Labute approximate surface area is 86.6 Å². The molecule has 0 amide bonds. The van der Waals surface area contributed by atoms with Crippen molar-refractivity contribution in [3.8, 4) is 10.4 Å². The van der Waals surface area contributed by atoms with Gasteiger partial charge in [-0.25, -0.2) is 0 Å². The van der Waals surface area contributed by atoms with Gasteiger partial charge in [-0.15, -0.1) is 11.3 Å². The summed E-state index contributed by atoms with van der Waals surface area (Å²) in [5.41, 5.74) is 4.77. The highest BCUT2D eigenvalue weighted by Gasteiger charge is 2.05. The maximum Gasteiger partial charge on any atom is 0.0642 e. The standard InChI is InChI=1S/C10H11N3S/c11-13-7-9-8(3-1-5-12-9)10-4-2-6-14-10/h1-6,13H,7,11H2. The second kappa shape index (κ2) is 4.32. The van der Waals surface area contributed by atoms with Crippen LogP contribution in [0.4, 0.5) is 0 Å². The molecule has 0 aromatic carbocycles. The van der Waals surface area contributed by atoms with E-state index in [1.165, 1.54) is 4.88 Å². The molecule has 0 aliphatic carbocycles. The molecular weight excluding hydrogens is 194 g/mol. The molecule has 3 N–H and O–H groups in total. The van der Waals surface area contributed by atoms with Crippen molar-refractivity contribution in [2.45, 2.75) is 6.54 Å². The summed E-state index contributed by atoms with van der Waals surface area (Å²) in [6.45, 7) is 0.591. The Balaban J connectivity index is 2.42. The fourth-order valence-electron chi connectivity index (χ4n) is 1.33. The molecule has 0 aliphatic rings. The summed E-state index contributed by atoms with van der Waals surface area (Å²) in [5.74, 6) is 5.30. The average Bonchev–Trinajstić information content (AvgIpc) is 2.72. The molecule has 0 saturated heterocycles. The van der Waals surface area contributed by atoms with Gasteiger partial charge < -0.3 is 0 Å². The molecule has 0 fully saturated rings. The first-order valence-corrected chi connectivity index (χ1v) is 5.21. The number of rotatable bonds is 3. The van der Waals surface area contributed by atoms with Crippen molar-refractivity contribution < 1.29 is 0 Å². The molecule has 14 heavy (non-hydrogen) atoms. The molecule has 0 bridgehead atoms. The number of thiophene rings is 1. The molecule has 72 valence electrons. The number of hydrogen-bond acceptors (Lipinski definition) is 4. The predicted molar refractivity (Wildman–Crippen MR) is 58.6 cm³/mol. The third kappa shape index (κ3) is 1.82. The van der Waals surface area contributed by atoms with Crippen LogP contribution in [0.1, 0.15) is 5.69 Å². The van der Waals surface area contributed by atoms with E-state index in [9.17, 15) is 0 Å². The van der Waals surface area contributed by atoms with E-state index in [0.29, 0.717) is 6.54 Å². The number of nitrogens with zero attached hydrogens (tertiary/aromatic N) is 1. The largest absolute Gasteiger partial charge is 0.271 e. The number of hydrogen-bond donors (Lipinski definition) is 2. The number of nitrogens with two attached hydrogens (primary N) is 1. The van der Waals surface area contributed by atoms with Gasteiger partial charge in [0.2, 0.25) is 0 Å². The molecule has 4 heteroatoms. The third-order valence-corrected chi connectivity index (χ3v) is 2.85. The molecule has 0 spiro atoms. The van der Waals surface area contributed by atoms with E-state index in [1.807, 2.05) is 12.1 Å². The summed E-state index contributed by atoms with van der Waals surface area (Å²) >= 11 is 1.71. The van der Waals surface area contributed by atoms with Gasteiger partial charge >= 0.3 is 0 Å². The Bertz CT molecular complexity index is 398. The lowest BCUT2D eigenvalue weighted by Crippen LogP contribution is -2.21. The Morgan fingerprint density at radius 3 is 3.00 bits per heavy atom. The Morgan fingerprint density at radius 1 is 1.36 bits per heavy atom. The Hall–Kier alpha value is -1.23. The van der Waals surface area contributed by atoms with E-state index < -0.39 is 0 Å². The number of aromatic nitrogens is 1. The van der Waals surface area contributed by atoms with Crippen molar-refractivity contribution >= 4 is 11.3 Å². The average molecular weight is 205 g/mol. The topological polar surface area (TPSA) is 50.9 Å². The summed E-state index contributed by atoms with van der Waals surface area (Å²) in [4.78, 5) is 5.51. The van der Waals surface area contributed by atoms with Crippen LogP contribution >= 0.6 is 11.3 Å². The van der Waals surface area contributed by atoms with Crippen LogP contribution in [0.2, 0.25) is 0 Å². The fourth-order valence-corrected chi connectivity index (χ4v) is 2.11. The maximum atomic E-state index is 5.30. The van der Waals surface area contributed by atoms with Gasteiger partial charge in [0.05, 0.1) is 12.2 Å². The maximum absolute atomic E-state index is 5.30. The summed E-state index contributed by atoms with van der Waals surface area (Å²) in [6, 6.07) is 8.12. The van der Waals surface area contributed by atoms with Crippen LogP contribution in [0.3, 0.4) is 0 Å². The van der Waals surface area contributed by atoms with Crippen LogP contribution in [-0.2, 0) is 6.54 Å². The number of pyridine rings is 1. The van der Waals surface area contributed by atoms with Gasteiger partial charge in [-0.1, -0.05) is 12.1 Å². The van der Waals surface area contributed by atoms with Crippen molar-refractivity contribution in [3.63, 3.8) is 0 Å². The smallest absolute Gasteiger partial charge is 0.0642 e. The van der Waals surface area contributed by atoms with Crippen molar-refractivity contribution in [3.05, 3.63) is 41.5 Å². The van der Waals surface area contributed by atoms with Gasteiger partial charge in [0.1, 0.15) is 0 Å². The molecule has 0 saturated carbocycles. The van der Waals surface area contributed by atoms with E-state index >= 15 is 0 Å². The van der Waals surface area contributed by atoms with Gasteiger partial charge in [0.25, 0.3) is 0 Å². The summed E-state index contributed by atoms with van der Waals surface area (Å²) < 4.78 is 0. The monoisotopic (exact) mass is 205 g/mol. The highest BCUT2D eigenvalue weighted by Crippen LogP contribution is 2.26. The van der Waals surface area contributed by atoms with E-state index in [4.69, 9.17) is 5.84 Å². The normalized spacial score (nSPS) is 10.4. The molecular formula is C10H11N3S. The van der Waals surface area contributed by atoms with Crippen LogP contribution < -0.4 is 11.3 Å². The first kappa shape index (κ1) is 9.33. The molecule has 2 rings (SSSR count). The first-order valence-electron chi connectivity index (χ1n) is 4.33. The van der Waals surface area contributed by atoms with Crippen molar-refractivity contribution in [2.24, 2.45) is 5.84 Å². The van der Waals surface area contributed by atoms with Gasteiger partial charge in [0.15, 0.2) is 0 Å². The zero-order valence-corrected chi connectivity index (χ0v) is 8.42. The molecule has 3 nitrogen and oxygen atoms in total. The second-order valence-corrected chi connectivity index (χ2v) is 3.80. The van der Waals surface area contributed by atoms with E-state index in [2.05, 4.69) is 27.9 Å². The second-order valence-electron chi connectivity index (χ2n) is 2.86. The minimum absolute atomic E-state index is 0.591. The summed E-state index contributed by atoms with van der Waals surface area (Å²) in [5, 5.41) is 2.06. The quantitative estimate of drug-likeness (QED) is 0.593. The molecule has 2 aromatic rings. The van der Waals surface area contributed by atoms with Gasteiger partial charge in [-0.3, -0.25) is 16.3 Å². The lowest BCUT2D eigenvalue weighted by Gasteiger charge is -2.05. The van der Waals surface area contributed by atoms with Gasteiger partial charge in [-0.2, -0.15) is 0 Å². The molecule has 0 aliphatic heterocycles. The minimum atomic E-state index is 0.591. The van der Waals surface area contributed by atoms with Crippen molar-refractivity contribution in [1.82, 2.24) is 10.4 Å². The molecule has 2 heterocycles. The lowest BCUT2D eigenvalue weighted by atomic mass is 10.1. The van der Waals surface area contributed by atoms with E-state index in [1.54, 1.807) is 17.5 Å². The Kier molecular flexibility index (Phi) is 2.88. The van der Waals surface area contributed by atoms with Crippen LogP contribution in [0.5, 0.6) is 0 Å². The highest BCUT2D eigenvalue weighted by molar-refractivity contribution is 7.13. The predicted octanol–water partition coefficient (Wildman–Crippen LogP) is 1.77. The fraction of sp³-hybridized carbons (Fsp3) is 0.100. The zero-order chi connectivity index (χ0) is 9.80. The number of hydrazine groups is 1. The van der Waals surface area contributed by atoms with Gasteiger partial charge in [0, 0.05) is 16.6 Å². The minimum Gasteiger partial charge on any atom is -0.271 e. The van der Waals surface area contributed by atoms with Crippen molar-refractivity contribution in [1.29, 1.82) is 0 Å². The van der Waals surface area contributed by atoms with Crippen molar-refractivity contribution in [2.75, 3.05) is 0 Å². The van der Waals surface area contributed by atoms with E-state index in [-0.39, 0.29) is 0 Å². The lowest BCUT2D eigenvalue weighted by molar-refractivity contribution is 0.725.